The Hall–Kier alpha value is -7.68. The molecular formula is C56H35NO. The van der Waals surface area contributed by atoms with Crippen LogP contribution in [0.1, 0.15) is 0 Å². The molecule has 58 heavy (non-hydrogen) atoms. The molecule has 0 aliphatic heterocycles. The number of hydrogen-bond donors (Lipinski definition) is 0. The number of fused-ring (bicyclic) bond motifs is 8. The average molecular weight is 738 g/mol. The standard InChI is InChI=1S/C56H35NO/c1-3-17-36(18-4-1)39-27-15-28-46(48-30-16-29-47-40-21-11-13-31-50(40)57(56(47)48)38-19-5-2-6-20-38)54(39)55-44-25-9-7-23-42(44)53(43-24-8-10-26-45(43)55)37-33-34-52-49(35-37)41-22-12-14-32-51(41)58-52/h1-35H. The van der Waals surface area contributed by atoms with Crippen molar-refractivity contribution >= 4 is 65.3 Å². The Morgan fingerprint density at radius 1 is 0.293 bits per heavy atom. The summed E-state index contributed by atoms with van der Waals surface area (Å²) in [6.07, 6.45) is 0. The van der Waals surface area contributed by atoms with E-state index in [0.717, 1.165) is 27.6 Å². The van der Waals surface area contributed by atoms with Crippen molar-refractivity contribution in [2.45, 2.75) is 0 Å². The predicted octanol–water partition coefficient (Wildman–Crippen LogP) is 15.7. The van der Waals surface area contributed by atoms with Gasteiger partial charge in [-0.2, -0.15) is 0 Å². The molecular weight excluding hydrogens is 703 g/mol. The van der Waals surface area contributed by atoms with Crippen molar-refractivity contribution in [2.75, 3.05) is 0 Å². The molecule has 2 heteroatoms. The fourth-order valence-corrected chi connectivity index (χ4v) is 9.58. The highest BCUT2D eigenvalue weighted by atomic mass is 16.3. The van der Waals surface area contributed by atoms with Crippen LogP contribution in [0.25, 0.3) is 115 Å². The highest BCUT2D eigenvalue weighted by Gasteiger charge is 2.25. The van der Waals surface area contributed by atoms with E-state index in [0.29, 0.717) is 0 Å². The third kappa shape index (κ3) is 4.85. The molecule has 0 saturated heterocycles. The van der Waals surface area contributed by atoms with Gasteiger partial charge in [-0.1, -0.05) is 176 Å². The summed E-state index contributed by atoms with van der Waals surface area (Å²) in [4.78, 5) is 0. The van der Waals surface area contributed by atoms with Crippen LogP contribution in [0.3, 0.4) is 0 Å². The zero-order valence-corrected chi connectivity index (χ0v) is 31.6. The van der Waals surface area contributed by atoms with Crippen molar-refractivity contribution in [1.29, 1.82) is 0 Å². The van der Waals surface area contributed by atoms with Crippen molar-refractivity contribution in [2.24, 2.45) is 0 Å². The van der Waals surface area contributed by atoms with Gasteiger partial charge >= 0.3 is 0 Å². The van der Waals surface area contributed by atoms with Gasteiger partial charge in [0.25, 0.3) is 0 Å². The molecule has 0 atom stereocenters. The third-order valence-electron chi connectivity index (χ3n) is 12.0. The van der Waals surface area contributed by atoms with Gasteiger partial charge in [-0.15, -0.1) is 0 Å². The molecule has 0 amide bonds. The maximum atomic E-state index is 6.29. The van der Waals surface area contributed by atoms with E-state index < -0.39 is 0 Å². The van der Waals surface area contributed by atoms with Crippen LogP contribution in [0.4, 0.5) is 0 Å². The zero-order valence-electron chi connectivity index (χ0n) is 31.6. The summed E-state index contributed by atoms with van der Waals surface area (Å²) < 4.78 is 8.74. The van der Waals surface area contributed by atoms with Crippen LogP contribution < -0.4 is 0 Å². The molecule has 2 aromatic heterocycles. The molecule has 0 spiro atoms. The maximum absolute atomic E-state index is 6.29. The van der Waals surface area contributed by atoms with Gasteiger partial charge in [0.15, 0.2) is 0 Å². The molecule has 270 valence electrons. The second kappa shape index (κ2) is 12.9. The Morgan fingerprint density at radius 2 is 0.828 bits per heavy atom. The first-order chi connectivity index (χ1) is 28.8. The molecule has 12 aromatic rings. The van der Waals surface area contributed by atoms with Crippen LogP contribution in [0.15, 0.2) is 217 Å². The Balaban J connectivity index is 1.23. The monoisotopic (exact) mass is 737 g/mol. The number of rotatable bonds is 5. The Kier molecular flexibility index (Phi) is 7.26. The Labute approximate surface area is 335 Å². The van der Waals surface area contributed by atoms with Crippen molar-refractivity contribution < 1.29 is 4.42 Å². The number of benzene rings is 10. The van der Waals surface area contributed by atoms with Crippen LogP contribution in [0.2, 0.25) is 0 Å². The van der Waals surface area contributed by atoms with Crippen molar-refractivity contribution in [3.63, 3.8) is 0 Å². The van der Waals surface area contributed by atoms with Crippen LogP contribution in [0, 0.1) is 0 Å². The lowest BCUT2D eigenvalue weighted by molar-refractivity contribution is 0.669. The molecule has 0 saturated carbocycles. The highest BCUT2D eigenvalue weighted by molar-refractivity contribution is 6.25. The molecule has 0 fully saturated rings. The third-order valence-corrected chi connectivity index (χ3v) is 12.0. The quantitative estimate of drug-likeness (QED) is 0.161. The van der Waals surface area contributed by atoms with Crippen molar-refractivity contribution in [1.82, 2.24) is 4.57 Å². The van der Waals surface area contributed by atoms with Crippen LogP contribution >= 0.6 is 0 Å². The molecule has 10 aromatic carbocycles. The van der Waals surface area contributed by atoms with E-state index >= 15 is 0 Å². The van der Waals surface area contributed by atoms with Gasteiger partial charge in [0.1, 0.15) is 11.2 Å². The van der Waals surface area contributed by atoms with E-state index in [4.69, 9.17) is 4.42 Å². The SMILES string of the molecule is c1ccc(-c2cccc(-c3cccc4c5ccccc5n(-c5ccccc5)c34)c2-c2c3ccccc3c(-c3ccc4oc5ccccc5c4c3)c3ccccc23)cc1. The molecule has 2 nitrogen and oxygen atoms in total. The summed E-state index contributed by atoms with van der Waals surface area (Å²) in [6.45, 7) is 0. The van der Waals surface area contributed by atoms with Crippen molar-refractivity contribution in [3.8, 4) is 50.2 Å². The molecule has 0 aliphatic carbocycles. The van der Waals surface area contributed by atoms with E-state index in [1.165, 1.54) is 87.9 Å². The molecule has 0 unspecified atom stereocenters. The summed E-state index contributed by atoms with van der Waals surface area (Å²) in [5, 5.41) is 9.61. The largest absolute Gasteiger partial charge is 0.456 e. The Bertz CT molecular complexity index is 3500. The van der Waals surface area contributed by atoms with Gasteiger partial charge < -0.3 is 8.98 Å². The van der Waals surface area contributed by atoms with Crippen LogP contribution in [-0.4, -0.2) is 4.57 Å². The number of hydrogen-bond acceptors (Lipinski definition) is 1. The lowest BCUT2D eigenvalue weighted by atomic mass is 9.80. The number of furan rings is 1. The lowest BCUT2D eigenvalue weighted by Crippen LogP contribution is -1.98. The fourth-order valence-electron chi connectivity index (χ4n) is 9.58. The van der Waals surface area contributed by atoms with Gasteiger partial charge in [-0.3, -0.25) is 0 Å². The minimum atomic E-state index is 0.902. The van der Waals surface area contributed by atoms with E-state index in [2.05, 4.69) is 211 Å². The van der Waals surface area contributed by atoms with Gasteiger partial charge in [-0.05, 0) is 96.9 Å². The molecule has 12 rings (SSSR count). The number of nitrogens with zero attached hydrogens (tertiary/aromatic N) is 1. The van der Waals surface area contributed by atoms with Gasteiger partial charge in [0, 0.05) is 32.8 Å². The smallest absolute Gasteiger partial charge is 0.135 e. The topological polar surface area (TPSA) is 18.1 Å². The summed E-state index contributed by atoms with van der Waals surface area (Å²) in [6, 6.07) is 77.2. The van der Waals surface area contributed by atoms with E-state index in [1.807, 2.05) is 6.07 Å². The first-order valence-corrected chi connectivity index (χ1v) is 19.9. The lowest BCUT2D eigenvalue weighted by Gasteiger charge is -2.23. The summed E-state index contributed by atoms with van der Waals surface area (Å²) in [5.41, 5.74) is 15.0. The second-order valence-corrected chi connectivity index (χ2v) is 15.1. The minimum absolute atomic E-state index is 0.902. The summed E-state index contributed by atoms with van der Waals surface area (Å²) in [7, 11) is 0. The molecule has 0 radical (unpaired) electrons. The number of aromatic nitrogens is 1. The van der Waals surface area contributed by atoms with E-state index in [1.54, 1.807) is 0 Å². The zero-order chi connectivity index (χ0) is 38.2. The summed E-state index contributed by atoms with van der Waals surface area (Å²) >= 11 is 0. The van der Waals surface area contributed by atoms with Gasteiger partial charge in [-0.25, -0.2) is 0 Å². The van der Waals surface area contributed by atoms with E-state index in [-0.39, 0.29) is 0 Å². The second-order valence-electron chi connectivity index (χ2n) is 15.1. The van der Waals surface area contributed by atoms with Crippen molar-refractivity contribution in [3.05, 3.63) is 212 Å². The minimum Gasteiger partial charge on any atom is -0.456 e. The first-order valence-electron chi connectivity index (χ1n) is 19.9. The first kappa shape index (κ1) is 32.6. The van der Waals surface area contributed by atoms with Gasteiger partial charge in [0.2, 0.25) is 0 Å². The fraction of sp³-hybridized carbons (Fsp3) is 0. The maximum Gasteiger partial charge on any atom is 0.135 e. The predicted molar refractivity (Wildman–Crippen MR) is 245 cm³/mol. The molecule has 0 N–H and O–H groups in total. The highest BCUT2D eigenvalue weighted by Crippen LogP contribution is 2.51. The molecule has 0 aliphatic rings. The van der Waals surface area contributed by atoms with Crippen LogP contribution in [0.5, 0.6) is 0 Å². The van der Waals surface area contributed by atoms with Crippen LogP contribution in [-0.2, 0) is 0 Å². The molecule has 2 heterocycles. The number of para-hydroxylation sites is 4. The van der Waals surface area contributed by atoms with Gasteiger partial charge in [0.05, 0.1) is 11.0 Å². The van der Waals surface area contributed by atoms with E-state index in [9.17, 15) is 0 Å². The average Bonchev–Trinajstić information content (AvgIpc) is 3.84. The molecule has 0 bridgehead atoms. The normalized spacial score (nSPS) is 11.8. The Morgan fingerprint density at radius 3 is 1.57 bits per heavy atom. The summed E-state index contributed by atoms with van der Waals surface area (Å²) in [5.74, 6) is 0.